The van der Waals surface area contributed by atoms with Crippen LogP contribution >= 0.6 is 0 Å². The fourth-order valence-electron chi connectivity index (χ4n) is 2.45. The molecule has 0 bridgehead atoms. The van der Waals surface area contributed by atoms with Crippen molar-refractivity contribution in [2.45, 2.75) is 39.2 Å². The number of hydrogen-bond acceptors (Lipinski definition) is 4. The Morgan fingerprint density at radius 1 is 1.32 bits per heavy atom. The Morgan fingerprint density at radius 3 is 2.79 bits per heavy atom. The van der Waals surface area contributed by atoms with Crippen LogP contribution in [0.1, 0.15) is 33.1 Å². The molecule has 112 valence electrons. The predicted octanol–water partition coefficient (Wildman–Crippen LogP) is 0.291. The van der Waals surface area contributed by atoms with Gasteiger partial charge < -0.3 is 10.4 Å². The standard InChI is InChI=1S/C14H29N3O2/c1-3-4-6-15-14(19)13(2)17-8-5-7-16(9-10-17)11-12-18/h13,18H,3-12H2,1-2H3,(H,15,19). The van der Waals surface area contributed by atoms with Crippen LogP contribution in [0.5, 0.6) is 0 Å². The predicted molar refractivity (Wildman–Crippen MR) is 77.1 cm³/mol. The van der Waals surface area contributed by atoms with E-state index in [1.54, 1.807) is 0 Å². The highest BCUT2D eigenvalue weighted by Gasteiger charge is 2.23. The van der Waals surface area contributed by atoms with Gasteiger partial charge in [0.15, 0.2) is 0 Å². The zero-order valence-electron chi connectivity index (χ0n) is 12.4. The van der Waals surface area contributed by atoms with Gasteiger partial charge in [0.25, 0.3) is 0 Å². The second-order valence-electron chi connectivity index (χ2n) is 5.28. The molecule has 0 aromatic carbocycles. The van der Waals surface area contributed by atoms with Gasteiger partial charge in [-0.3, -0.25) is 14.6 Å². The minimum Gasteiger partial charge on any atom is -0.395 e. The van der Waals surface area contributed by atoms with Crippen LogP contribution in [-0.4, -0.2) is 72.7 Å². The average molecular weight is 271 g/mol. The first kappa shape index (κ1) is 16.4. The van der Waals surface area contributed by atoms with Gasteiger partial charge in [0.05, 0.1) is 12.6 Å². The molecule has 0 radical (unpaired) electrons. The molecule has 19 heavy (non-hydrogen) atoms. The molecule has 1 saturated heterocycles. The zero-order chi connectivity index (χ0) is 14.1. The van der Waals surface area contributed by atoms with Gasteiger partial charge in [-0.15, -0.1) is 0 Å². The van der Waals surface area contributed by atoms with Crippen molar-refractivity contribution in [3.8, 4) is 0 Å². The molecule has 0 spiro atoms. The number of unbranched alkanes of at least 4 members (excludes halogenated alkanes) is 1. The van der Waals surface area contributed by atoms with Crippen LogP contribution in [-0.2, 0) is 4.79 Å². The van der Waals surface area contributed by atoms with E-state index >= 15 is 0 Å². The number of β-amino-alcohol motifs (C(OH)–C–C–N with tert-alkyl or cyclic N) is 1. The van der Waals surface area contributed by atoms with Crippen molar-refractivity contribution in [3.63, 3.8) is 0 Å². The maximum absolute atomic E-state index is 12.0. The van der Waals surface area contributed by atoms with Gasteiger partial charge in [0.2, 0.25) is 5.91 Å². The minimum absolute atomic E-state index is 0.0501. The Morgan fingerprint density at radius 2 is 2.11 bits per heavy atom. The second kappa shape index (κ2) is 9.28. The number of carbonyl (C=O) groups excluding carboxylic acids is 1. The van der Waals surface area contributed by atoms with E-state index in [4.69, 9.17) is 5.11 Å². The monoisotopic (exact) mass is 271 g/mol. The topological polar surface area (TPSA) is 55.8 Å². The Bertz CT molecular complexity index is 261. The molecule has 1 aliphatic rings. The van der Waals surface area contributed by atoms with E-state index in [-0.39, 0.29) is 18.6 Å². The maximum Gasteiger partial charge on any atom is 0.237 e. The lowest BCUT2D eigenvalue weighted by Gasteiger charge is -2.26. The van der Waals surface area contributed by atoms with Crippen molar-refractivity contribution in [1.29, 1.82) is 0 Å². The average Bonchev–Trinajstić information content (AvgIpc) is 2.64. The molecule has 1 rings (SSSR count). The smallest absolute Gasteiger partial charge is 0.237 e. The summed E-state index contributed by atoms with van der Waals surface area (Å²) in [6, 6.07) is -0.0501. The van der Waals surface area contributed by atoms with Gasteiger partial charge in [0, 0.05) is 32.7 Å². The molecule has 0 saturated carbocycles. The molecule has 1 fully saturated rings. The third kappa shape index (κ3) is 5.89. The molecule has 1 atom stereocenters. The lowest BCUT2D eigenvalue weighted by Crippen LogP contribution is -2.46. The summed E-state index contributed by atoms with van der Waals surface area (Å²) in [6.45, 7) is 9.67. The molecule has 5 nitrogen and oxygen atoms in total. The first-order chi connectivity index (χ1) is 9.19. The summed E-state index contributed by atoms with van der Waals surface area (Å²) < 4.78 is 0. The van der Waals surface area contributed by atoms with Gasteiger partial charge in [-0.1, -0.05) is 13.3 Å². The lowest BCUT2D eigenvalue weighted by molar-refractivity contribution is -0.125. The third-order valence-electron chi connectivity index (χ3n) is 3.80. The molecule has 5 heteroatoms. The number of hydrogen-bond donors (Lipinski definition) is 2. The van der Waals surface area contributed by atoms with Crippen molar-refractivity contribution in [1.82, 2.24) is 15.1 Å². The highest BCUT2D eigenvalue weighted by molar-refractivity contribution is 5.81. The molecule has 2 N–H and O–H groups in total. The molecule has 1 aliphatic heterocycles. The molecule has 1 heterocycles. The maximum atomic E-state index is 12.0. The zero-order valence-corrected chi connectivity index (χ0v) is 12.4. The number of nitrogens with one attached hydrogen (secondary N) is 1. The van der Waals surface area contributed by atoms with Crippen molar-refractivity contribution in [3.05, 3.63) is 0 Å². The largest absolute Gasteiger partial charge is 0.395 e. The van der Waals surface area contributed by atoms with Crippen molar-refractivity contribution in [2.24, 2.45) is 0 Å². The van der Waals surface area contributed by atoms with E-state index < -0.39 is 0 Å². The van der Waals surface area contributed by atoms with Crippen molar-refractivity contribution >= 4 is 5.91 Å². The van der Waals surface area contributed by atoms with Crippen molar-refractivity contribution in [2.75, 3.05) is 45.9 Å². The van der Waals surface area contributed by atoms with Crippen LogP contribution in [0.3, 0.4) is 0 Å². The summed E-state index contributed by atoms with van der Waals surface area (Å²) in [5.41, 5.74) is 0. The van der Waals surface area contributed by atoms with Crippen LogP contribution in [0.15, 0.2) is 0 Å². The van der Waals surface area contributed by atoms with E-state index in [1.807, 2.05) is 6.92 Å². The van der Waals surface area contributed by atoms with Gasteiger partial charge in [0.1, 0.15) is 0 Å². The SMILES string of the molecule is CCCCNC(=O)C(C)N1CCCN(CCO)CC1. The summed E-state index contributed by atoms with van der Waals surface area (Å²) in [6.07, 6.45) is 3.21. The van der Waals surface area contributed by atoms with Crippen LogP contribution in [0.25, 0.3) is 0 Å². The van der Waals surface area contributed by atoms with Crippen molar-refractivity contribution < 1.29 is 9.90 Å². The molecule has 1 amide bonds. The highest BCUT2D eigenvalue weighted by Crippen LogP contribution is 2.07. The van der Waals surface area contributed by atoms with Gasteiger partial charge in [-0.05, 0) is 26.3 Å². The van der Waals surface area contributed by atoms with E-state index in [0.29, 0.717) is 0 Å². The van der Waals surface area contributed by atoms with Gasteiger partial charge in [-0.25, -0.2) is 0 Å². The summed E-state index contributed by atoms with van der Waals surface area (Å²) in [4.78, 5) is 16.5. The fourth-order valence-corrected chi connectivity index (χ4v) is 2.45. The molecule has 0 aliphatic carbocycles. The lowest BCUT2D eigenvalue weighted by atomic mass is 10.2. The van der Waals surface area contributed by atoms with E-state index in [2.05, 4.69) is 22.0 Å². The van der Waals surface area contributed by atoms with E-state index in [1.165, 1.54) is 0 Å². The minimum atomic E-state index is -0.0501. The summed E-state index contributed by atoms with van der Waals surface area (Å²) in [5.74, 6) is 0.143. The summed E-state index contributed by atoms with van der Waals surface area (Å²) >= 11 is 0. The quantitative estimate of drug-likeness (QED) is 0.654. The Labute approximate surface area is 117 Å². The Kier molecular flexibility index (Phi) is 8.02. The van der Waals surface area contributed by atoms with Crippen LogP contribution < -0.4 is 5.32 Å². The number of aliphatic hydroxyl groups is 1. The van der Waals surface area contributed by atoms with Crippen LogP contribution in [0.2, 0.25) is 0 Å². The van der Waals surface area contributed by atoms with Crippen LogP contribution in [0.4, 0.5) is 0 Å². The summed E-state index contributed by atoms with van der Waals surface area (Å²) in [5, 5.41) is 12.0. The normalized spacial score (nSPS) is 19.9. The Hall–Kier alpha value is -0.650. The number of carbonyl (C=O) groups is 1. The Balaban J connectivity index is 2.35. The van der Waals surface area contributed by atoms with Gasteiger partial charge >= 0.3 is 0 Å². The molecular weight excluding hydrogens is 242 g/mol. The first-order valence-corrected chi connectivity index (χ1v) is 7.54. The first-order valence-electron chi connectivity index (χ1n) is 7.54. The molecular formula is C14H29N3O2. The van der Waals surface area contributed by atoms with Gasteiger partial charge in [-0.2, -0.15) is 0 Å². The molecule has 0 aromatic rings. The molecule has 1 unspecified atom stereocenters. The number of nitrogens with zero attached hydrogens (tertiary/aromatic N) is 2. The number of rotatable bonds is 7. The summed E-state index contributed by atoms with van der Waals surface area (Å²) in [7, 11) is 0. The second-order valence-corrected chi connectivity index (χ2v) is 5.28. The molecule has 0 aromatic heterocycles. The van der Waals surface area contributed by atoms with Crippen LogP contribution in [0, 0.1) is 0 Å². The highest BCUT2D eigenvalue weighted by atomic mass is 16.3. The number of amides is 1. The fraction of sp³-hybridized carbons (Fsp3) is 0.929. The van der Waals surface area contributed by atoms with E-state index in [9.17, 15) is 4.79 Å². The third-order valence-corrected chi connectivity index (χ3v) is 3.80. The van der Waals surface area contributed by atoms with E-state index in [0.717, 1.165) is 58.5 Å². The number of aliphatic hydroxyl groups excluding tert-OH is 1.